The van der Waals surface area contributed by atoms with Crippen molar-refractivity contribution in [2.24, 2.45) is 17.8 Å². The molecule has 0 radical (unpaired) electrons. The second kappa shape index (κ2) is 17.5. The molecule has 2 saturated carbocycles. The number of sulfonamides is 1. The van der Waals surface area contributed by atoms with Gasteiger partial charge in [0, 0.05) is 37.1 Å². The molecule has 0 bridgehead atoms. The maximum Gasteiger partial charge on any atom is 0.408 e. The van der Waals surface area contributed by atoms with Crippen LogP contribution in [0.15, 0.2) is 36.5 Å². The summed E-state index contributed by atoms with van der Waals surface area (Å²) in [6, 6.07) is 2.04. The summed E-state index contributed by atoms with van der Waals surface area (Å²) in [6.07, 6.45) is 4.44. The first-order chi connectivity index (χ1) is 28.6. The maximum atomic E-state index is 15.4. The number of fused-ring (bicyclic) bond motifs is 3. The Hall–Kier alpha value is -4.78. The molecule has 2 aliphatic carbocycles. The Bertz CT molecular complexity index is 2150. The van der Waals surface area contributed by atoms with Gasteiger partial charge in [0.2, 0.25) is 27.7 Å². The molecule has 4 amide bonds. The van der Waals surface area contributed by atoms with Crippen molar-refractivity contribution in [3.8, 4) is 17.4 Å². The molecule has 1 aromatic carbocycles. The Balaban J connectivity index is 1.42. The highest BCUT2D eigenvalue weighted by atomic mass is 32.2. The number of halogens is 2. The number of aromatic nitrogens is 1. The Kier molecular flexibility index (Phi) is 13.1. The summed E-state index contributed by atoms with van der Waals surface area (Å²) in [5, 5.41) is 13.8. The highest BCUT2D eigenvalue weighted by Gasteiger charge is 2.62. The van der Waals surface area contributed by atoms with Crippen molar-refractivity contribution in [1.82, 2.24) is 24.8 Å². The van der Waals surface area contributed by atoms with E-state index >= 15 is 13.6 Å². The highest BCUT2D eigenvalue weighted by molar-refractivity contribution is 7.91. The SMILES string of the molecule is COCCOc1cnc(O[C@@H]2C[C@H]3C(=O)N[C@]4(C(=O)NS(=O)(=O)C5CC5)C[C@H]4C=CCC[C@H](C)C[C@@H](C)[C@H](N(C(=O)O)C(C)(C)C(C)(F)F)C(=O)N3C2)c2ccc(OC)cc12. The Morgan fingerprint density at radius 1 is 1.08 bits per heavy atom. The topological polar surface area (TPSA) is 203 Å². The van der Waals surface area contributed by atoms with Gasteiger partial charge in [0.1, 0.15) is 47.4 Å². The van der Waals surface area contributed by atoms with Crippen LogP contribution in [-0.2, 0) is 29.1 Å². The molecule has 3 N–H and O–H groups in total. The molecule has 2 aliphatic heterocycles. The normalized spacial score (nSPS) is 27.5. The fourth-order valence-corrected chi connectivity index (χ4v) is 9.82. The van der Waals surface area contributed by atoms with Crippen molar-refractivity contribution in [2.45, 2.75) is 120 Å². The molecule has 0 unspecified atom stereocenters. The number of methoxy groups -OCH3 is 2. The molecule has 2 aromatic rings. The zero-order chi connectivity index (χ0) is 44.7. The van der Waals surface area contributed by atoms with Crippen molar-refractivity contribution in [1.29, 1.82) is 0 Å². The summed E-state index contributed by atoms with van der Waals surface area (Å²) in [6.45, 7) is 6.50. The van der Waals surface area contributed by atoms with Gasteiger partial charge in [-0.15, -0.1) is 0 Å². The van der Waals surface area contributed by atoms with E-state index < -0.39 is 86.1 Å². The average molecular weight is 878 g/mol. The lowest BCUT2D eigenvalue weighted by Gasteiger charge is -2.47. The lowest BCUT2D eigenvalue weighted by atomic mass is 9.84. The molecule has 3 heterocycles. The molecule has 19 heteroatoms. The molecule has 0 spiro atoms. The number of allylic oxidation sites excluding steroid dienone is 1. The van der Waals surface area contributed by atoms with Gasteiger partial charge in [-0.1, -0.05) is 26.0 Å². The van der Waals surface area contributed by atoms with Crippen LogP contribution >= 0.6 is 0 Å². The third kappa shape index (κ3) is 9.51. The third-order valence-corrected chi connectivity index (χ3v) is 14.4. The monoisotopic (exact) mass is 877 g/mol. The zero-order valence-electron chi connectivity index (χ0n) is 35.6. The van der Waals surface area contributed by atoms with Gasteiger partial charge in [0.05, 0.1) is 31.7 Å². The summed E-state index contributed by atoms with van der Waals surface area (Å²) < 4.78 is 81.9. The molecular formula is C42H57F2N5O11S. The van der Waals surface area contributed by atoms with Gasteiger partial charge in [-0.05, 0) is 82.4 Å². The molecule has 7 atom stereocenters. The van der Waals surface area contributed by atoms with Crippen LogP contribution in [0.25, 0.3) is 10.8 Å². The number of benzene rings is 1. The van der Waals surface area contributed by atoms with Crippen LogP contribution in [0.5, 0.6) is 17.4 Å². The minimum absolute atomic E-state index is 0.0851. The number of nitrogens with one attached hydrogen (secondary N) is 2. The molecule has 61 heavy (non-hydrogen) atoms. The largest absolute Gasteiger partial charge is 0.497 e. The molecule has 4 aliphatic rings. The van der Waals surface area contributed by atoms with Gasteiger partial charge in [-0.3, -0.25) is 24.0 Å². The number of alkyl halides is 2. The quantitative estimate of drug-likeness (QED) is 0.182. The van der Waals surface area contributed by atoms with Gasteiger partial charge < -0.3 is 34.3 Å². The smallest absolute Gasteiger partial charge is 0.408 e. The van der Waals surface area contributed by atoms with Crippen LogP contribution in [0.2, 0.25) is 0 Å². The summed E-state index contributed by atoms with van der Waals surface area (Å²) >= 11 is 0. The summed E-state index contributed by atoms with van der Waals surface area (Å²) in [4.78, 5) is 63.0. The fourth-order valence-electron chi connectivity index (χ4n) is 8.46. The van der Waals surface area contributed by atoms with Crippen LogP contribution < -0.4 is 24.2 Å². The number of carboxylic acid groups (broad SMARTS) is 1. The van der Waals surface area contributed by atoms with E-state index in [9.17, 15) is 27.9 Å². The lowest BCUT2D eigenvalue weighted by Crippen LogP contribution is -2.66. The molecule has 1 aromatic heterocycles. The number of pyridine rings is 1. The zero-order valence-corrected chi connectivity index (χ0v) is 36.4. The van der Waals surface area contributed by atoms with E-state index in [-0.39, 0.29) is 44.2 Å². The van der Waals surface area contributed by atoms with E-state index in [1.165, 1.54) is 20.4 Å². The number of ether oxygens (including phenoxy) is 4. The predicted molar refractivity (Wildman–Crippen MR) is 219 cm³/mol. The van der Waals surface area contributed by atoms with Crippen molar-refractivity contribution < 1.29 is 60.4 Å². The summed E-state index contributed by atoms with van der Waals surface area (Å²) in [5.41, 5.74) is -4.06. The van der Waals surface area contributed by atoms with E-state index in [0.29, 0.717) is 66.4 Å². The molecule has 1 saturated heterocycles. The standard InChI is InChI=1S/C42H57F2N5O11S/c1-24-10-8-9-11-26-21-42(26,38(52)47-61(55,56)29-13-14-29)46-35(50)32-20-28(60-36-30-15-12-27(58-7)19-31(30)33(22-45-36)59-17-16-57-6)23-48(32)37(51)34(25(2)18-24)49(39(53)54)40(3,4)41(5,43)44/h9,11-12,15,19,22,24-26,28-29,32,34H,8,10,13-14,16-18,20-21,23H2,1-7H3,(H,46,50)(H,47,52)(H,53,54)/t24-,25+,26+,28+,32-,34-,42+/m0/s1. The van der Waals surface area contributed by atoms with E-state index in [2.05, 4.69) is 15.0 Å². The van der Waals surface area contributed by atoms with Gasteiger partial charge in [0.25, 0.3) is 11.8 Å². The van der Waals surface area contributed by atoms with Crippen molar-refractivity contribution in [2.75, 3.05) is 34.0 Å². The molecule has 6 rings (SSSR count). The Labute approximate surface area is 354 Å². The number of carbonyl (C=O) groups is 4. The van der Waals surface area contributed by atoms with E-state index in [1.807, 2.05) is 13.0 Å². The first-order valence-electron chi connectivity index (χ1n) is 20.7. The first kappa shape index (κ1) is 45.7. The molecule has 3 fully saturated rings. The van der Waals surface area contributed by atoms with Gasteiger partial charge in [-0.2, -0.15) is 0 Å². The first-order valence-corrected chi connectivity index (χ1v) is 22.2. The third-order valence-electron chi connectivity index (χ3n) is 12.6. The highest BCUT2D eigenvalue weighted by Crippen LogP contribution is 2.47. The summed E-state index contributed by atoms with van der Waals surface area (Å²) in [5.74, 6) is -6.68. The Morgan fingerprint density at radius 2 is 1.80 bits per heavy atom. The minimum atomic E-state index is -4.01. The number of hydrogen-bond acceptors (Lipinski definition) is 11. The van der Waals surface area contributed by atoms with E-state index in [4.69, 9.17) is 18.9 Å². The van der Waals surface area contributed by atoms with Crippen molar-refractivity contribution in [3.05, 3.63) is 36.5 Å². The molecule has 336 valence electrons. The number of amides is 4. The maximum absolute atomic E-state index is 15.4. The van der Waals surface area contributed by atoms with Crippen LogP contribution in [0.1, 0.15) is 79.6 Å². The number of rotatable bonds is 13. The predicted octanol–water partition coefficient (Wildman–Crippen LogP) is 4.89. The molecule has 16 nitrogen and oxygen atoms in total. The van der Waals surface area contributed by atoms with E-state index in [0.717, 1.165) is 18.7 Å². The number of carbonyl (C=O) groups excluding carboxylic acids is 3. The van der Waals surface area contributed by atoms with Gasteiger partial charge >= 0.3 is 6.09 Å². The van der Waals surface area contributed by atoms with Crippen LogP contribution in [0.3, 0.4) is 0 Å². The van der Waals surface area contributed by atoms with Crippen LogP contribution in [0, 0.1) is 17.8 Å². The fraction of sp³-hybridized carbons (Fsp3) is 0.643. The second-order valence-electron chi connectivity index (χ2n) is 17.5. The average Bonchev–Trinajstić information content (AvgIpc) is 4.11. The van der Waals surface area contributed by atoms with Crippen LogP contribution in [0.4, 0.5) is 13.6 Å². The number of nitrogens with zero attached hydrogens (tertiary/aromatic N) is 3. The van der Waals surface area contributed by atoms with Gasteiger partial charge in [0.15, 0.2) is 0 Å². The number of hydrogen-bond donors (Lipinski definition) is 3. The van der Waals surface area contributed by atoms with Crippen molar-refractivity contribution >= 4 is 44.6 Å². The Morgan fingerprint density at radius 3 is 2.44 bits per heavy atom. The van der Waals surface area contributed by atoms with E-state index in [1.54, 1.807) is 31.2 Å². The lowest BCUT2D eigenvalue weighted by molar-refractivity contribution is -0.156. The van der Waals surface area contributed by atoms with Gasteiger partial charge in [-0.25, -0.2) is 27.0 Å². The molecular weight excluding hydrogens is 821 g/mol. The summed E-state index contributed by atoms with van der Waals surface area (Å²) in [7, 11) is -0.960. The minimum Gasteiger partial charge on any atom is -0.497 e. The van der Waals surface area contributed by atoms with Crippen molar-refractivity contribution in [3.63, 3.8) is 0 Å². The van der Waals surface area contributed by atoms with Crippen LogP contribution in [-0.4, -0.2) is 127 Å². The second-order valence-corrected chi connectivity index (χ2v) is 19.4.